The Kier molecular flexibility index (Phi) is 3.01. The lowest BCUT2D eigenvalue weighted by atomic mass is 10.0. The molecule has 0 aliphatic carbocycles. The van der Waals surface area contributed by atoms with Crippen LogP contribution in [0, 0.1) is 46.5 Å². The average molecular weight is 322 g/mol. The molecule has 0 aromatic heterocycles. The van der Waals surface area contributed by atoms with Gasteiger partial charge in [-0.3, -0.25) is 0 Å². The zero-order valence-electron chi connectivity index (χ0n) is 10.2. The van der Waals surface area contributed by atoms with Crippen LogP contribution < -0.4 is 0 Å². The molecule has 0 aliphatic heterocycles. The van der Waals surface area contributed by atoms with Gasteiger partial charge in [0.15, 0.2) is 46.5 Å². The van der Waals surface area contributed by atoms with E-state index in [1.165, 1.54) is 0 Å². The van der Waals surface area contributed by atoms with Gasteiger partial charge in [0, 0.05) is 21.5 Å². The van der Waals surface area contributed by atoms with Crippen molar-refractivity contribution in [2.45, 2.75) is 0 Å². The summed E-state index contributed by atoms with van der Waals surface area (Å²) in [6.45, 7) is 0. The Labute approximate surface area is 116 Å². The standard InChI is InChI=1S/C14H2F8/c15-7-3-1-4-6(10(18)14(22)12(20)8(4)16)2-5(3)9(17)13(21)11(7)19/h1-2H. The highest BCUT2D eigenvalue weighted by Gasteiger charge is 2.25. The summed E-state index contributed by atoms with van der Waals surface area (Å²) in [6.07, 6.45) is 0. The Hall–Kier alpha value is -2.38. The Balaban J connectivity index is 2.64. The minimum atomic E-state index is -2.16. The van der Waals surface area contributed by atoms with Gasteiger partial charge in [-0.1, -0.05) is 0 Å². The van der Waals surface area contributed by atoms with Crippen LogP contribution in [0.1, 0.15) is 0 Å². The molecule has 0 nitrogen and oxygen atoms in total. The maximum atomic E-state index is 13.6. The van der Waals surface area contributed by atoms with Gasteiger partial charge in [-0.05, 0) is 12.1 Å². The lowest BCUT2D eigenvalue weighted by molar-refractivity contribution is 0.416. The molecule has 0 amide bonds. The van der Waals surface area contributed by atoms with E-state index >= 15 is 0 Å². The molecule has 0 heterocycles. The number of rotatable bonds is 0. The number of halogens is 8. The minimum absolute atomic E-state index is 0.381. The van der Waals surface area contributed by atoms with Crippen LogP contribution in [-0.4, -0.2) is 0 Å². The van der Waals surface area contributed by atoms with E-state index in [4.69, 9.17) is 0 Å². The van der Waals surface area contributed by atoms with Crippen molar-refractivity contribution in [1.29, 1.82) is 0 Å². The fraction of sp³-hybridized carbons (Fsp3) is 0. The van der Waals surface area contributed by atoms with Crippen LogP contribution in [-0.2, 0) is 0 Å². The van der Waals surface area contributed by atoms with Gasteiger partial charge in [0.2, 0.25) is 0 Å². The summed E-state index contributed by atoms with van der Waals surface area (Å²) in [5, 5.41) is -3.75. The van der Waals surface area contributed by atoms with E-state index in [-0.39, 0.29) is 0 Å². The average Bonchev–Trinajstić information content (AvgIpc) is 2.52. The van der Waals surface area contributed by atoms with Gasteiger partial charge in [-0.15, -0.1) is 0 Å². The van der Waals surface area contributed by atoms with Crippen molar-refractivity contribution in [2.24, 2.45) is 0 Å². The fourth-order valence-corrected chi connectivity index (χ4v) is 2.18. The van der Waals surface area contributed by atoms with Gasteiger partial charge in [0.05, 0.1) is 0 Å². The summed E-state index contributed by atoms with van der Waals surface area (Å²) in [6, 6.07) is 0.763. The van der Waals surface area contributed by atoms with Crippen LogP contribution in [0.15, 0.2) is 12.1 Å². The first-order valence-electron chi connectivity index (χ1n) is 5.67. The van der Waals surface area contributed by atoms with E-state index < -0.39 is 68.1 Å². The van der Waals surface area contributed by atoms with Crippen LogP contribution in [0.25, 0.3) is 21.5 Å². The van der Waals surface area contributed by atoms with E-state index in [0.717, 1.165) is 0 Å². The molecule has 0 unspecified atom stereocenters. The quantitative estimate of drug-likeness (QED) is 0.234. The molecule has 3 aromatic rings. The van der Waals surface area contributed by atoms with Crippen molar-refractivity contribution in [3.05, 3.63) is 58.7 Å². The molecule has 3 aromatic carbocycles. The summed E-state index contributed by atoms with van der Waals surface area (Å²) in [4.78, 5) is 0. The van der Waals surface area contributed by atoms with Crippen molar-refractivity contribution in [2.75, 3.05) is 0 Å². The maximum Gasteiger partial charge on any atom is 0.198 e. The van der Waals surface area contributed by atoms with E-state index in [1.807, 2.05) is 0 Å². The number of benzene rings is 3. The SMILES string of the molecule is Fc1c(F)c(F)c2cc3c(F)c(F)c(F)c(F)c3cc2c1F. The van der Waals surface area contributed by atoms with E-state index in [2.05, 4.69) is 0 Å². The molecular formula is C14H2F8. The summed E-state index contributed by atoms with van der Waals surface area (Å²) in [7, 11) is 0. The third-order valence-corrected chi connectivity index (χ3v) is 3.26. The summed E-state index contributed by atoms with van der Waals surface area (Å²) in [5.41, 5.74) is 0. The second-order valence-corrected chi connectivity index (χ2v) is 4.46. The zero-order valence-corrected chi connectivity index (χ0v) is 10.2. The molecule has 3 rings (SSSR count). The lowest BCUT2D eigenvalue weighted by Gasteiger charge is -2.09. The van der Waals surface area contributed by atoms with Crippen LogP contribution in [0.4, 0.5) is 35.1 Å². The van der Waals surface area contributed by atoms with E-state index in [0.29, 0.717) is 12.1 Å². The molecular weight excluding hydrogens is 320 g/mol. The molecule has 0 spiro atoms. The fourth-order valence-electron chi connectivity index (χ4n) is 2.18. The van der Waals surface area contributed by atoms with Crippen LogP contribution >= 0.6 is 0 Å². The van der Waals surface area contributed by atoms with Gasteiger partial charge in [-0.25, -0.2) is 35.1 Å². The molecule has 0 bridgehead atoms. The number of hydrogen-bond acceptors (Lipinski definition) is 0. The lowest BCUT2D eigenvalue weighted by Crippen LogP contribution is -2.01. The van der Waals surface area contributed by atoms with E-state index in [1.54, 1.807) is 0 Å². The van der Waals surface area contributed by atoms with Crippen LogP contribution in [0.3, 0.4) is 0 Å². The molecule has 114 valence electrons. The molecule has 0 aliphatic rings. The summed E-state index contributed by atoms with van der Waals surface area (Å²) >= 11 is 0. The van der Waals surface area contributed by atoms with Crippen molar-refractivity contribution in [3.63, 3.8) is 0 Å². The van der Waals surface area contributed by atoms with Gasteiger partial charge in [-0.2, -0.15) is 0 Å². The summed E-state index contributed by atoms with van der Waals surface area (Å²) in [5.74, 6) is -16.1. The number of fused-ring (bicyclic) bond motifs is 2. The zero-order chi connectivity index (χ0) is 16.3. The molecule has 0 radical (unpaired) electrons. The van der Waals surface area contributed by atoms with Crippen LogP contribution in [0.5, 0.6) is 0 Å². The van der Waals surface area contributed by atoms with Gasteiger partial charge >= 0.3 is 0 Å². The highest BCUT2D eigenvalue weighted by Crippen LogP contribution is 2.34. The molecule has 0 N–H and O–H groups in total. The predicted molar refractivity (Wildman–Crippen MR) is 61.1 cm³/mol. The summed E-state index contributed by atoms with van der Waals surface area (Å²) < 4.78 is 107. The topological polar surface area (TPSA) is 0 Å². The van der Waals surface area contributed by atoms with Gasteiger partial charge in [0.1, 0.15) is 0 Å². The minimum Gasteiger partial charge on any atom is -0.203 e. The molecule has 0 atom stereocenters. The molecule has 8 heteroatoms. The number of hydrogen-bond donors (Lipinski definition) is 0. The maximum absolute atomic E-state index is 13.6. The van der Waals surface area contributed by atoms with Crippen molar-refractivity contribution < 1.29 is 35.1 Å². The smallest absolute Gasteiger partial charge is 0.198 e. The third-order valence-electron chi connectivity index (χ3n) is 3.26. The molecule has 22 heavy (non-hydrogen) atoms. The Morgan fingerprint density at radius 1 is 0.318 bits per heavy atom. The van der Waals surface area contributed by atoms with Crippen molar-refractivity contribution in [3.8, 4) is 0 Å². The first-order valence-corrected chi connectivity index (χ1v) is 5.67. The van der Waals surface area contributed by atoms with Crippen molar-refractivity contribution >= 4 is 21.5 Å². The van der Waals surface area contributed by atoms with Crippen molar-refractivity contribution in [1.82, 2.24) is 0 Å². The molecule has 0 fully saturated rings. The Morgan fingerprint density at radius 3 is 0.682 bits per heavy atom. The predicted octanol–water partition coefficient (Wildman–Crippen LogP) is 5.11. The molecule has 0 saturated heterocycles. The third kappa shape index (κ3) is 1.69. The van der Waals surface area contributed by atoms with Gasteiger partial charge < -0.3 is 0 Å². The second kappa shape index (κ2) is 4.56. The van der Waals surface area contributed by atoms with Crippen LogP contribution in [0.2, 0.25) is 0 Å². The highest BCUT2D eigenvalue weighted by atomic mass is 19.2. The molecule has 0 saturated carbocycles. The normalized spacial score (nSPS) is 11.6. The van der Waals surface area contributed by atoms with Gasteiger partial charge in [0.25, 0.3) is 0 Å². The second-order valence-electron chi connectivity index (χ2n) is 4.46. The Bertz CT molecular complexity index is 808. The first kappa shape index (κ1) is 14.6. The van der Waals surface area contributed by atoms with E-state index in [9.17, 15) is 35.1 Å². The highest BCUT2D eigenvalue weighted by molar-refractivity contribution is 5.99. The first-order chi connectivity index (χ1) is 10.3. The monoisotopic (exact) mass is 322 g/mol. The Morgan fingerprint density at radius 2 is 0.500 bits per heavy atom. The largest absolute Gasteiger partial charge is 0.203 e.